The zero-order valence-corrected chi connectivity index (χ0v) is 14.5. The predicted molar refractivity (Wildman–Crippen MR) is 93.8 cm³/mol. The Bertz CT molecular complexity index is 537. The number of urea groups is 1. The maximum Gasteiger partial charge on any atom is 0.315 e. The number of hydrogen-bond acceptors (Lipinski definition) is 3. The van der Waals surface area contributed by atoms with E-state index in [1.54, 1.807) is 0 Å². The fraction of sp³-hybridized carbons (Fsp3) is 0.611. The minimum atomic E-state index is -0.728. The molecule has 1 fully saturated rings. The molecule has 128 valence electrons. The van der Waals surface area contributed by atoms with Gasteiger partial charge in [0.2, 0.25) is 0 Å². The summed E-state index contributed by atoms with van der Waals surface area (Å²) in [5.74, 6) is 0. The van der Waals surface area contributed by atoms with Gasteiger partial charge < -0.3 is 20.6 Å². The molecule has 1 saturated carbocycles. The van der Waals surface area contributed by atoms with Crippen LogP contribution in [-0.2, 0) is 6.54 Å². The summed E-state index contributed by atoms with van der Waals surface area (Å²) in [6.07, 6.45) is 4.80. The number of aliphatic hydroxyl groups is 1. The van der Waals surface area contributed by atoms with E-state index in [1.165, 1.54) is 12.0 Å². The second-order valence-corrected chi connectivity index (χ2v) is 6.85. The molecule has 0 radical (unpaired) electrons. The maximum absolute atomic E-state index is 12.0. The van der Waals surface area contributed by atoms with Gasteiger partial charge in [-0.1, -0.05) is 31.4 Å². The SMILES string of the molecule is Cc1ccc(CNC(=O)NCC2(O)CCCCC2)c(N(C)C)c1. The van der Waals surface area contributed by atoms with Gasteiger partial charge in [-0.3, -0.25) is 0 Å². The third-order valence-corrected chi connectivity index (χ3v) is 4.52. The first-order valence-electron chi connectivity index (χ1n) is 8.41. The van der Waals surface area contributed by atoms with Crippen molar-refractivity contribution in [1.82, 2.24) is 10.6 Å². The summed E-state index contributed by atoms with van der Waals surface area (Å²) in [7, 11) is 3.99. The number of nitrogens with one attached hydrogen (secondary N) is 2. The summed E-state index contributed by atoms with van der Waals surface area (Å²) in [6.45, 7) is 2.85. The second-order valence-electron chi connectivity index (χ2n) is 6.85. The van der Waals surface area contributed by atoms with E-state index in [1.807, 2.05) is 31.1 Å². The Balaban J connectivity index is 1.85. The quantitative estimate of drug-likeness (QED) is 0.781. The summed E-state index contributed by atoms with van der Waals surface area (Å²) in [5, 5.41) is 16.1. The standard InChI is InChI=1S/C18H29N3O2/c1-14-7-8-15(16(11-14)21(2)3)12-19-17(22)20-13-18(23)9-5-4-6-10-18/h7-8,11,23H,4-6,9-10,12-13H2,1-3H3,(H2,19,20,22). The summed E-state index contributed by atoms with van der Waals surface area (Å²) in [4.78, 5) is 14.1. The van der Waals surface area contributed by atoms with Gasteiger partial charge in [-0.05, 0) is 37.0 Å². The summed E-state index contributed by atoms with van der Waals surface area (Å²) < 4.78 is 0. The molecular formula is C18H29N3O2. The number of hydrogen-bond donors (Lipinski definition) is 3. The molecule has 1 aromatic carbocycles. The normalized spacial score (nSPS) is 16.7. The Kier molecular flexibility index (Phi) is 5.88. The Morgan fingerprint density at radius 2 is 1.91 bits per heavy atom. The number of amides is 2. The van der Waals surface area contributed by atoms with Crippen molar-refractivity contribution in [2.24, 2.45) is 0 Å². The number of aryl methyl sites for hydroxylation is 1. The number of benzene rings is 1. The molecular weight excluding hydrogens is 290 g/mol. The third-order valence-electron chi connectivity index (χ3n) is 4.52. The lowest BCUT2D eigenvalue weighted by Gasteiger charge is -2.32. The lowest BCUT2D eigenvalue weighted by molar-refractivity contribution is 0.00719. The Morgan fingerprint density at radius 3 is 2.57 bits per heavy atom. The smallest absolute Gasteiger partial charge is 0.315 e. The molecule has 2 rings (SSSR count). The fourth-order valence-corrected chi connectivity index (χ4v) is 3.11. The van der Waals surface area contributed by atoms with E-state index in [0.29, 0.717) is 13.1 Å². The van der Waals surface area contributed by atoms with Gasteiger partial charge in [0.25, 0.3) is 0 Å². The molecule has 23 heavy (non-hydrogen) atoms. The van der Waals surface area contributed by atoms with Crippen LogP contribution in [0.5, 0.6) is 0 Å². The highest BCUT2D eigenvalue weighted by Gasteiger charge is 2.29. The average molecular weight is 319 g/mol. The van der Waals surface area contributed by atoms with Gasteiger partial charge in [-0.25, -0.2) is 4.79 Å². The van der Waals surface area contributed by atoms with Crippen molar-refractivity contribution < 1.29 is 9.90 Å². The van der Waals surface area contributed by atoms with Crippen LogP contribution in [0.2, 0.25) is 0 Å². The Morgan fingerprint density at radius 1 is 1.22 bits per heavy atom. The van der Waals surface area contributed by atoms with Crippen molar-refractivity contribution in [1.29, 1.82) is 0 Å². The fourth-order valence-electron chi connectivity index (χ4n) is 3.11. The topological polar surface area (TPSA) is 64.6 Å². The molecule has 1 aromatic rings. The minimum absolute atomic E-state index is 0.228. The lowest BCUT2D eigenvalue weighted by Crippen LogP contribution is -2.47. The van der Waals surface area contributed by atoms with E-state index in [-0.39, 0.29) is 6.03 Å². The van der Waals surface area contributed by atoms with E-state index in [0.717, 1.165) is 36.9 Å². The number of carbonyl (C=O) groups excluding carboxylic acids is 1. The number of rotatable bonds is 5. The largest absolute Gasteiger partial charge is 0.388 e. The molecule has 0 aromatic heterocycles. The van der Waals surface area contributed by atoms with E-state index in [2.05, 4.69) is 23.6 Å². The first-order chi connectivity index (χ1) is 10.9. The number of anilines is 1. The van der Waals surface area contributed by atoms with Crippen LogP contribution in [0.3, 0.4) is 0 Å². The van der Waals surface area contributed by atoms with Crippen LogP contribution < -0.4 is 15.5 Å². The van der Waals surface area contributed by atoms with Crippen LogP contribution in [0.1, 0.15) is 43.2 Å². The van der Waals surface area contributed by atoms with Crippen LogP contribution in [0.4, 0.5) is 10.5 Å². The van der Waals surface area contributed by atoms with Crippen LogP contribution in [0, 0.1) is 6.92 Å². The van der Waals surface area contributed by atoms with Crippen LogP contribution in [0.25, 0.3) is 0 Å². The van der Waals surface area contributed by atoms with Gasteiger partial charge in [0.1, 0.15) is 0 Å². The molecule has 0 atom stereocenters. The molecule has 0 heterocycles. The molecule has 2 amide bonds. The van der Waals surface area contributed by atoms with Gasteiger partial charge >= 0.3 is 6.03 Å². The summed E-state index contributed by atoms with van der Waals surface area (Å²) in [5.41, 5.74) is 2.65. The number of nitrogens with zero attached hydrogens (tertiary/aromatic N) is 1. The van der Waals surface area contributed by atoms with Gasteiger partial charge in [0.05, 0.1) is 5.60 Å². The molecule has 1 aliphatic rings. The highest BCUT2D eigenvalue weighted by molar-refractivity contribution is 5.74. The molecule has 3 N–H and O–H groups in total. The minimum Gasteiger partial charge on any atom is -0.388 e. The van der Waals surface area contributed by atoms with E-state index >= 15 is 0 Å². The van der Waals surface area contributed by atoms with Crippen LogP contribution in [0.15, 0.2) is 18.2 Å². The Labute approximate surface area is 139 Å². The second kappa shape index (κ2) is 7.68. The predicted octanol–water partition coefficient (Wildman–Crippen LogP) is 2.56. The molecule has 0 bridgehead atoms. The molecule has 0 spiro atoms. The maximum atomic E-state index is 12.0. The van der Waals surface area contributed by atoms with E-state index in [9.17, 15) is 9.90 Å². The number of carbonyl (C=O) groups is 1. The first-order valence-corrected chi connectivity index (χ1v) is 8.41. The van der Waals surface area contributed by atoms with Crippen LogP contribution in [-0.4, -0.2) is 37.4 Å². The van der Waals surface area contributed by atoms with Crippen molar-refractivity contribution in [3.63, 3.8) is 0 Å². The molecule has 0 unspecified atom stereocenters. The van der Waals surface area contributed by atoms with Gasteiger partial charge in [-0.2, -0.15) is 0 Å². The summed E-state index contributed by atoms with van der Waals surface area (Å²) >= 11 is 0. The van der Waals surface area contributed by atoms with Gasteiger partial charge in [0, 0.05) is 32.9 Å². The van der Waals surface area contributed by atoms with E-state index in [4.69, 9.17) is 0 Å². The zero-order chi connectivity index (χ0) is 16.9. The van der Waals surface area contributed by atoms with Crippen molar-refractivity contribution >= 4 is 11.7 Å². The molecule has 1 aliphatic carbocycles. The van der Waals surface area contributed by atoms with E-state index < -0.39 is 5.60 Å². The molecule has 0 aliphatic heterocycles. The zero-order valence-electron chi connectivity index (χ0n) is 14.5. The molecule has 5 nitrogen and oxygen atoms in total. The van der Waals surface area contributed by atoms with Crippen molar-refractivity contribution in [2.45, 2.75) is 51.2 Å². The van der Waals surface area contributed by atoms with Crippen molar-refractivity contribution in [3.8, 4) is 0 Å². The Hall–Kier alpha value is -1.75. The molecule has 5 heteroatoms. The van der Waals surface area contributed by atoms with Crippen LogP contribution >= 0.6 is 0 Å². The van der Waals surface area contributed by atoms with Crippen molar-refractivity contribution in [3.05, 3.63) is 29.3 Å². The highest BCUT2D eigenvalue weighted by Crippen LogP contribution is 2.27. The average Bonchev–Trinajstić information content (AvgIpc) is 2.52. The lowest BCUT2D eigenvalue weighted by atomic mass is 9.85. The third kappa shape index (κ3) is 5.13. The van der Waals surface area contributed by atoms with Crippen molar-refractivity contribution in [2.75, 3.05) is 25.5 Å². The van der Waals surface area contributed by atoms with Gasteiger partial charge in [0.15, 0.2) is 0 Å². The first kappa shape index (κ1) is 17.6. The summed E-state index contributed by atoms with van der Waals surface area (Å²) in [6, 6.07) is 5.97. The highest BCUT2D eigenvalue weighted by atomic mass is 16.3. The monoisotopic (exact) mass is 319 g/mol. The van der Waals surface area contributed by atoms with Gasteiger partial charge in [-0.15, -0.1) is 0 Å². The molecule has 0 saturated heterocycles.